The van der Waals surface area contributed by atoms with Crippen molar-refractivity contribution in [1.29, 1.82) is 5.26 Å². The van der Waals surface area contributed by atoms with Crippen LogP contribution in [-0.2, 0) is 4.79 Å². The Morgan fingerprint density at radius 3 is 2.95 bits per heavy atom. The van der Waals surface area contributed by atoms with Crippen molar-refractivity contribution in [2.75, 3.05) is 5.32 Å². The highest BCUT2D eigenvalue weighted by molar-refractivity contribution is 5.89. The van der Waals surface area contributed by atoms with E-state index in [4.69, 9.17) is 5.26 Å². The topological polar surface area (TPSA) is 83.1 Å². The number of aromatic nitrogens is 3. The molecule has 0 saturated heterocycles. The van der Waals surface area contributed by atoms with Crippen LogP contribution in [0.5, 0.6) is 0 Å². The maximum absolute atomic E-state index is 11.1. The number of amides is 1. The molecule has 1 amide bonds. The molecule has 0 bridgehead atoms. The number of carbonyl (C=O) groups is 1. The summed E-state index contributed by atoms with van der Waals surface area (Å²) in [6.45, 7) is 1.46. The first-order valence-corrected chi connectivity index (χ1v) is 6.29. The summed E-state index contributed by atoms with van der Waals surface area (Å²) in [5, 5.41) is 16.0. The molecule has 0 unspecified atom stereocenters. The van der Waals surface area contributed by atoms with Crippen molar-refractivity contribution in [1.82, 2.24) is 14.6 Å². The molecule has 21 heavy (non-hydrogen) atoms. The summed E-state index contributed by atoms with van der Waals surface area (Å²) in [6.07, 6.45) is 4.79. The standard InChI is InChI=1S/C15H11N5O/c1-10(21)19-13-4-2-3-11(5-13)14-8-17-9-15-12(6-16)7-18-20(14)15/h2-5,7-9H,1H3,(H,19,21). The maximum atomic E-state index is 11.1. The second kappa shape index (κ2) is 5.06. The van der Waals surface area contributed by atoms with Crippen LogP contribution in [0.25, 0.3) is 16.8 Å². The van der Waals surface area contributed by atoms with Gasteiger partial charge in [0.05, 0.1) is 29.8 Å². The predicted molar refractivity (Wildman–Crippen MR) is 77.4 cm³/mol. The first kappa shape index (κ1) is 12.8. The summed E-state index contributed by atoms with van der Waals surface area (Å²) in [5.41, 5.74) is 3.43. The van der Waals surface area contributed by atoms with Crippen molar-refractivity contribution >= 4 is 17.1 Å². The van der Waals surface area contributed by atoms with E-state index in [1.807, 2.05) is 24.3 Å². The lowest BCUT2D eigenvalue weighted by Crippen LogP contribution is -2.05. The molecule has 0 fully saturated rings. The van der Waals surface area contributed by atoms with Crippen LogP contribution in [0, 0.1) is 11.3 Å². The molecule has 1 N–H and O–H groups in total. The van der Waals surface area contributed by atoms with E-state index in [9.17, 15) is 4.79 Å². The van der Waals surface area contributed by atoms with Gasteiger partial charge in [-0.1, -0.05) is 12.1 Å². The second-order valence-electron chi connectivity index (χ2n) is 4.52. The Bertz CT molecular complexity index is 875. The van der Waals surface area contributed by atoms with Gasteiger partial charge in [0.1, 0.15) is 11.6 Å². The lowest BCUT2D eigenvalue weighted by Gasteiger charge is -2.07. The van der Waals surface area contributed by atoms with Crippen molar-refractivity contribution in [2.24, 2.45) is 0 Å². The molecule has 0 spiro atoms. The number of hydrogen-bond acceptors (Lipinski definition) is 4. The maximum Gasteiger partial charge on any atom is 0.221 e. The molecule has 0 aliphatic heterocycles. The Kier molecular flexibility index (Phi) is 3.09. The fourth-order valence-corrected chi connectivity index (χ4v) is 2.15. The molecule has 0 aliphatic rings. The highest BCUT2D eigenvalue weighted by Gasteiger charge is 2.09. The average molecular weight is 277 g/mol. The number of nitrogens with zero attached hydrogens (tertiary/aromatic N) is 4. The highest BCUT2D eigenvalue weighted by atomic mass is 16.1. The molecule has 0 atom stereocenters. The van der Waals surface area contributed by atoms with E-state index in [2.05, 4.69) is 21.5 Å². The van der Waals surface area contributed by atoms with E-state index in [1.165, 1.54) is 13.1 Å². The van der Waals surface area contributed by atoms with Gasteiger partial charge in [-0.2, -0.15) is 10.4 Å². The van der Waals surface area contributed by atoms with Gasteiger partial charge >= 0.3 is 0 Å². The molecule has 3 rings (SSSR count). The van der Waals surface area contributed by atoms with E-state index in [1.54, 1.807) is 16.9 Å². The second-order valence-corrected chi connectivity index (χ2v) is 4.52. The quantitative estimate of drug-likeness (QED) is 0.778. The van der Waals surface area contributed by atoms with Crippen molar-refractivity contribution in [3.05, 3.63) is 48.4 Å². The van der Waals surface area contributed by atoms with E-state index in [0.717, 1.165) is 11.3 Å². The molecular weight excluding hydrogens is 266 g/mol. The Morgan fingerprint density at radius 2 is 2.19 bits per heavy atom. The van der Waals surface area contributed by atoms with Gasteiger partial charge in [0, 0.05) is 18.2 Å². The Labute approximate surface area is 120 Å². The molecule has 2 heterocycles. The lowest BCUT2D eigenvalue weighted by molar-refractivity contribution is -0.114. The first-order chi connectivity index (χ1) is 10.2. The molecule has 102 valence electrons. The fourth-order valence-electron chi connectivity index (χ4n) is 2.15. The van der Waals surface area contributed by atoms with Gasteiger partial charge in [0.2, 0.25) is 5.91 Å². The van der Waals surface area contributed by atoms with Gasteiger partial charge in [-0.05, 0) is 12.1 Å². The monoisotopic (exact) mass is 277 g/mol. The Hall–Kier alpha value is -3.20. The zero-order valence-corrected chi connectivity index (χ0v) is 11.2. The SMILES string of the molecule is CC(=O)Nc1cccc(-c2cncc3c(C#N)cnn23)c1. The first-order valence-electron chi connectivity index (χ1n) is 6.29. The van der Waals surface area contributed by atoms with Gasteiger partial charge in [0.15, 0.2) is 0 Å². The van der Waals surface area contributed by atoms with Gasteiger partial charge in [-0.15, -0.1) is 0 Å². The van der Waals surface area contributed by atoms with E-state index in [0.29, 0.717) is 16.8 Å². The third-order valence-corrected chi connectivity index (χ3v) is 3.03. The number of nitriles is 1. The largest absolute Gasteiger partial charge is 0.326 e. The summed E-state index contributed by atoms with van der Waals surface area (Å²) in [4.78, 5) is 15.3. The third kappa shape index (κ3) is 2.32. The van der Waals surface area contributed by atoms with Crippen molar-refractivity contribution < 1.29 is 4.79 Å². The summed E-state index contributed by atoms with van der Waals surface area (Å²) in [7, 11) is 0. The van der Waals surface area contributed by atoms with Crippen LogP contribution < -0.4 is 5.32 Å². The number of anilines is 1. The Morgan fingerprint density at radius 1 is 1.33 bits per heavy atom. The summed E-state index contributed by atoms with van der Waals surface area (Å²) < 4.78 is 1.67. The molecule has 6 nitrogen and oxygen atoms in total. The summed E-state index contributed by atoms with van der Waals surface area (Å²) >= 11 is 0. The molecule has 0 aliphatic carbocycles. The van der Waals surface area contributed by atoms with Crippen LogP contribution in [0.2, 0.25) is 0 Å². The number of fused-ring (bicyclic) bond motifs is 1. The average Bonchev–Trinajstić information content (AvgIpc) is 2.89. The van der Waals surface area contributed by atoms with Crippen LogP contribution in [0.15, 0.2) is 42.9 Å². The number of nitrogens with one attached hydrogen (secondary N) is 1. The van der Waals surface area contributed by atoms with Crippen molar-refractivity contribution in [3.63, 3.8) is 0 Å². The number of carbonyl (C=O) groups excluding carboxylic acids is 1. The van der Waals surface area contributed by atoms with E-state index < -0.39 is 0 Å². The molecule has 6 heteroatoms. The number of benzene rings is 1. The van der Waals surface area contributed by atoms with Gasteiger partial charge in [-0.3, -0.25) is 9.78 Å². The molecule has 2 aromatic heterocycles. The third-order valence-electron chi connectivity index (χ3n) is 3.03. The minimum absolute atomic E-state index is 0.130. The zero-order valence-electron chi connectivity index (χ0n) is 11.2. The van der Waals surface area contributed by atoms with Crippen LogP contribution in [-0.4, -0.2) is 20.5 Å². The normalized spacial score (nSPS) is 10.3. The van der Waals surface area contributed by atoms with Gasteiger partial charge in [-0.25, -0.2) is 4.52 Å². The van der Waals surface area contributed by atoms with E-state index >= 15 is 0 Å². The van der Waals surface area contributed by atoms with Crippen LogP contribution in [0.1, 0.15) is 12.5 Å². The zero-order chi connectivity index (χ0) is 14.8. The van der Waals surface area contributed by atoms with Crippen LogP contribution in [0.4, 0.5) is 5.69 Å². The number of rotatable bonds is 2. The molecule has 1 aromatic carbocycles. The molecule has 0 saturated carbocycles. The Balaban J connectivity index is 2.15. The summed E-state index contributed by atoms with van der Waals surface area (Å²) in [6, 6.07) is 9.47. The van der Waals surface area contributed by atoms with Gasteiger partial charge < -0.3 is 5.32 Å². The smallest absolute Gasteiger partial charge is 0.221 e. The number of hydrogen-bond donors (Lipinski definition) is 1. The van der Waals surface area contributed by atoms with Crippen molar-refractivity contribution in [2.45, 2.75) is 6.92 Å². The fraction of sp³-hybridized carbons (Fsp3) is 0.0667. The van der Waals surface area contributed by atoms with Gasteiger partial charge in [0.25, 0.3) is 0 Å². The summed E-state index contributed by atoms with van der Waals surface area (Å²) in [5.74, 6) is -0.130. The lowest BCUT2D eigenvalue weighted by atomic mass is 10.1. The minimum atomic E-state index is -0.130. The predicted octanol–water partition coefficient (Wildman–Crippen LogP) is 2.23. The molecule has 3 aromatic rings. The van der Waals surface area contributed by atoms with Crippen molar-refractivity contribution in [3.8, 4) is 17.3 Å². The van der Waals surface area contributed by atoms with Crippen LogP contribution in [0.3, 0.4) is 0 Å². The van der Waals surface area contributed by atoms with Crippen LogP contribution >= 0.6 is 0 Å². The highest BCUT2D eigenvalue weighted by Crippen LogP contribution is 2.23. The van der Waals surface area contributed by atoms with E-state index in [-0.39, 0.29) is 5.91 Å². The molecule has 0 radical (unpaired) electrons. The molecular formula is C15H11N5O. The minimum Gasteiger partial charge on any atom is -0.326 e.